The average molecular weight is 296 g/mol. The van der Waals surface area contributed by atoms with E-state index in [1.807, 2.05) is 31.3 Å². The van der Waals surface area contributed by atoms with Gasteiger partial charge in [0, 0.05) is 17.1 Å². The summed E-state index contributed by atoms with van der Waals surface area (Å²) in [4.78, 5) is 10.1. The van der Waals surface area contributed by atoms with Gasteiger partial charge in [-0.05, 0) is 19.1 Å². The Balaban J connectivity index is 2.45. The summed E-state index contributed by atoms with van der Waals surface area (Å²) in [5, 5.41) is 0. The van der Waals surface area contributed by atoms with Crippen LogP contribution in [-0.2, 0) is 0 Å². The number of guanidine groups is 1. The quantitative estimate of drug-likeness (QED) is 0.814. The van der Waals surface area contributed by atoms with Crippen LogP contribution in [0.2, 0.25) is 0 Å². The lowest BCUT2D eigenvalue weighted by molar-refractivity contribution is 0.245. The molecule has 6 heteroatoms. The zero-order valence-electron chi connectivity index (χ0n) is 9.68. The summed E-state index contributed by atoms with van der Waals surface area (Å²) in [6, 6.07) is 7.80. The van der Waals surface area contributed by atoms with Crippen molar-refractivity contribution in [1.82, 2.24) is 4.90 Å². The number of rotatable bonds is 1. The van der Waals surface area contributed by atoms with Crippen molar-refractivity contribution >= 4 is 27.7 Å². The molecule has 1 aromatic rings. The molecule has 0 radical (unpaired) electrons. The SMILES string of the molecule is CN1C(c2ccc(Br)cc2)=NC(N)=NC1(C)N. The van der Waals surface area contributed by atoms with Crippen LogP contribution in [0, 0.1) is 0 Å². The highest BCUT2D eigenvalue weighted by molar-refractivity contribution is 9.10. The number of hydrogen-bond acceptors (Lipinski definition) is 5. The fraction of sp³-hybridized carbons (Fsp3) is 0.273. The zero-order chi connectivity index (χ0) is 12.6. The van der Waals surface area contributed by atoms with Crippen LogP contribution in [0.4, 0.5) is 0 Å². The minimum absolute atomic E-state index is 0.200. The van der Waals surface area contributed by atoms with Crippen molar-refractivity contribution in [3.05, 3.63) is 34.3 Å². The topological polar surface area (TPSA) is 80.0 Å². The highest BCUT2D eigenvalue weighted by Crippen LogP contribution is 2.19. The predicted octanol–water partition coefficient (Wildman–Crippen LogP) is 1.09. The summed E-state index contributed by atoms with van der Waals surface area (Å²) in [7, 11) is 1.84. The van der Waals surface area contributed by atoms with Crippen LogP contribution in [0.1, 0.15) is 12.5 Å². The third-order valence-electron chi connectivity index (χ3n) is 2.66. The summed E-state index contributed by atoms with van der Waals surface area (Å²) in [6.07, 6.45) is 0. The van der Waals surface area contributed by atoms with Gasteiger partial charge in [0.15, 0.2) is 5.79 Å². The van der Waals surface area contributed by atoms with Gasteiger partial charge in [0.05, 0.1) is 0 Å². The molecule has 4 N–H and O–H groups in total. The molecule has 0 spiro atoms. The van der Waals surface area contributed by atoms with E-state index < -0.39 is 5.79 Å². The van der Waals surface area contributed by atoms with Crippen LogP contribution in [0.3, 0.4) is 0 Å². The Labute approximate surface area is 108 Å². The first kappa shape index (κ1) is 12.1. The molecule has 1 unspecified atom stereocenters. The minimum atomic E-state index is -0.867. The van der Waals surface area contributed by atoms with E-state index in [-0.39, 0.29) is 5.96 Å². The van der Waals surface area contributed by atoms with E-state index in [9.17, 15) is 0 Å². The molecular weight excluding hydrogens is 282 g/mol. The number of nitrogens with two attached hydrogens (primary N) is 2. The Bertz CT molecular complexity index is 489. The Morgan fingerprint density at radius 1 is 1.29 bits per heavy atom. The Morgan fingerprint density at radius 2 is 1.88 bits per heavy atom. The zero-order valence-corrected chi connectivity index (χ0v) is 11.3. The first-order valence-electron chi connectivity index (χ1n) is 5.13. The first-order valence-corrected chi connectivity index (χ1v) is 5.92. The lowest BCUT2D eigenvalue weighted by Gasteiger charge is -2.36. The highest BCUT2D eigenvalue weighted by atomic mass is 79.9. The maximum atomic E-state index is 6.04. The molecular formula is C11H14BrN5. The average Bonchev–Trinajstić information content (AvgIpc) is 2.24. The van der Waals surface area contributed by atoms with Gasteiger partial charge in [-0.3, -0.25) is 5.73 Å². The maximum absolute atomic E-state index is 6.04. The molecule has 0 amide bonds. The van der Waals surface area contributed by atoms with Crippen LogP contribution < -0.4 is 11.5 Å². The van der Waals surface area contributed by atoms with Crippen LogP contribution in [0.15, 0.2) is 38.7 Å². The molecule has 17 heavy (non-hydrogen) atoms. The molecule has 0 aromatic heterocycles. The second-order valence-corrected chi connectivity index (χ2v) is 4.98. The summed E-state index contributed by atoms with van der Waals surface area (Å²) in [5.41, 5.74) is 12.7. The van der Waals surface area contributed by atoms with Crippen LogP contribution in [0.25, 0.3) is 0 Å². The first-order chi connectivity index (χ1) is 7.90. The number of amidine groups is 1. The third-order valence-corrected chi connectivity index (χ3v) is 3.19. The van der Waals surface area contributed by atoms with E-state index in [1.54, 1.807) is 11.8 Å². The monoisotopic (exact) mass is 295 g/mol. The molecule has 90 valence electrons. The van der Waals surface area contributed by atoms with Gasteiger partial charge in [-0.2, -0.15) is 4.99 Å². The molecule has 0 saturated heterocycles. The molecule has 1 aromatic carbocycles. The van der Waals surface area contributed by atoms with Crippen molar-refractivity contribution in [3.63, 3.8) is 0 Å². The summed E-state index contributed by atoms with van der Waals surface area (Å²) in [5.74, 6) is 0.0508. The molecule has 0 saturated carbocycles. The molecule has 5 nitrogen and oxygen atoms in total. The van der Waals surface area contributed by atoms with E-state index in [1.165, 1.54) is 0 Å². The van der Waals surface area contributed by atoms with Crippen molar-refractivity contribution < 1.29 is 0 Å². The number of benzene rings is 1. The number of nitrogens with zero attached hydrogens (tertiary/aromatic N) is 3. The van der Waals surface area contributed by atoms with Gasteiger partial charge in [0.1, 0.15) is 5.84 Å². The Hall–Kier alpha value is -1.40. The number of aliphatic imine (C=N–C) groups is 2. The fourth-order valence-corrected chi connectivity index (χ4v) is 1.85. The molecule has 1 aliphatic rings. The Morgan fingerprint density at radius 3 is 2.47 bits per heavy atom. The van der Waals surface area contributed by atoms with E-state index >= 15 is 0 Å². The predicted molar refractivity (Wildman–Crippen MR) is 72.7 cm³/mol. The fourth-order valence-electron chi connectivity index (χ4n) is 1.59. The van der Waals surface area contributed by atoms with E-state index in [4.69, 9.17) is 11.5 Å². The van der Waals surface area contributed by atoms with Crippen LogP contribution >= 0.6 is 15.9 Å². The van der Waals surface area contributed by atoms with Gasteiger partial charge >= 0.3 is 0 Å². The maximum Gasteiger partial charge on any atom is 0.220 e. The smallest absolute Gasteiger partial charge is 0.220 e. The van der Waals surface area contributed by atoms with Crippen molar-refractivity contribution in [2.45, 2.75) is 12.7 Å². The van der Waals surface area contributed by atoms with Crippen LogP contribution in [0.5, 0.6) is 0 Å². The molecule has 0 fully saturated rings. The molecule has 2 rings (SSSR count). The number of hydrogen-bond donors (Lipinski definition) is 2. The summed E-state index contributed by atoms with van der Waals surface area (Å²) < 4.78 is 1.01. The van der Waals surface area contributed by atoms with Gasteiger partial charge < -0.3 is 10.6 Å². The van der Waals surface area contributed by atoms with Crippen molar-refractivity contribution in [1.29, 1.82) is 0 Å². The van der Waals surface area contributed by atoms with Crippen LogP contribution in [-0.4, -0.2) is 29.5 Å². The molecule has 1 atom stereocenters. The van der Waals surface area contributed by atoms with E-state index in [0.29, 0.717) is 0 Å². The van der Waals surface area contributed by atoms with Crippen molar-refractivity contribution in [2.75, 3.05) is 7.05 Å². The number of halogens is 1. The summed E-state index contributed by atoms with van der Waals surface area (Å²) in [6.45, 7) is 1.79. The van der Waals surface area contributed by atoms with Crippen molar-refractivity contribution in [2.24, 2.45) is 21.5 Å². The van der Waals surface area contributed by atoms with Crippen molar-refractivity contribution in [3.8, 4) is 0 Å². The van der Waals surface area contributed by atoms with E-state index in [2.05, 4.69) is 25.9 Å². The molecule has 0 aliphatic carbocycles. The minimum Gasteiger partial charge on any atom is -0.368 e. The molecule has 0 bridgehead atoms. The largest absolute Gasteiger partial charge is 0.368 e. The van der Waals surface area contributed by atoms with E-state index in [0.717, 1.165) is 15.9 Å². The normalized spacial score (nSPS) is 24.4. The van der Waals surface area contributed by atoms with Gasteiger partial charge in [-0.25, -0.2) is 4.99 Å². The van der Waals surface area contributed by atoms with Gasteiger partial charge in [-0.15, -0.1) is 0 Å². The third kappa shape index (κ3) is 2.32. The molecule has 1 heterocycles. The molecule has 1 aliphatic heterocycles. The Kier molecular flexibility index (Phi) is 2.92. The summed E-state index contributed by atoms with van der Waals surface area (Å²) >= 11 is 3.39. The lowest BCUT2D eigenvalue weighted by Crippen LogP contribution is -2.56. The highest BCUT2D eigenvalue weighted by Gasteiger charge is 2.30. The van der Waals surface area contributed by atoms with Gasteiger partial charge in [-0.1, -0.05) is 28.1 Å². The van der Waals surface area contributed by atoms with Gasteiger partial charge in [0.25, 0.3) is 0 Å². The lowest BCUT2D eigenvalue weighted by atomic mass is 10.1. The standard InChI is InChI=1S/C11H14BrN5/c1-11(14)16-10(13)15-9(17(11)2)7-3-5-8(12)6-4-7/h3-6H,14H2,1-2H3,(H2,13,16). The second-order valence-electron chi connectivity index (χ2n) is 4.07. The second kappa shape index (κ2) is 4.12. The van der Waals surface area contributed by atoms with Gasteiger partial charge in [0.2, 0.25) is 5.96 Å².